The average Bonchev–Trinajstić information content (AvgIpc) is 3.67. The third kappa shape index (κ3) is 3.51. The Morgan fingerprint density at radius 1 is 0.531 bits per heavy atom. The van der Waals surface area contributed by atoms with E-state index in [1.165, 1.54) is 74.2 Å². The smallest absolute Gasteiger partial charge is 0.160 e. The van der Waals surface area contributed by atoms with Gasteiger partial charge >= 0.3 is 0 Å². The second-order valence-electron chi connectivity index (χ2n) is 15.3. The number of hydrogen-bond acceptors (Lipinski definition) is 3. The largest absolute Gasteiger partial charge is 0.228 e. The molecule has 2 aromatic heterocycles. The lowest BCUT2D eigenvalue weighted by molar-refractivity contribution is -0.0393. The zero-order valence-electron chi connectivity index (χ0n) is 27.2. The van der Waals surface area contributed by atoms with Crippen molar-refractivity contribution in [2.45, 2.75) is 37.5 Å². The van der Waals surface area contributed by atoms with Crippen LogP contribution in [0.3, 0.4) is 0 Å². The van der Waals surface area contributed by atoms with Gasteiger partial charge in [-0.25, -0.2) is 9.97 Å². The summed E-state index contributed by atoms with van der Waals surface area (Å²) in [4.78, 5) is 10.5. The Balaban J connectivity index is 1.13. The van der Waals surface area contributed by atoms with Crippen molar-refractivity contribution in [1.29, 1.82) is 0 Å². The lowest BCUT2D eigenvalue weighted by Crippen LogP contribution is -2.55. The summed E-state index contributed by atoms with van der Waals surface area (Å²) in [7, 11) is 0. The van der Waals surface area contributed by atoms with Crippen LogP contribution >= 0.6 is 11.3 Å². The topological polar surface area (TPSA) is 25.8 Å². The van der Waals surface area contributed by atoms with Crippen molar-refractivity contribution in [3.05, 3.63) is 132 Å². The maximum Gasteiger partial charge on any atom is 0.160 e. The van der Waals surface area contributed by atoms with E-state index < -0.39 is 0 Å². The van der Waals surface area contributed by atoms with Gasteiger partial charge in [0.2, 0.25) is 0 Å². The van der Waals surface area contributed by atoms with Gasteiger partial charge in [0.05, 0.1) is 11.2 Å². The van der Waals surface area contributed by atoms with Gasteiger partial charge in [-0.2, -0.15) is 0 Å². The highest BCUT2D eigenvalue weighted by atomic mass is 32.1. The van der Waals surface area contributed by atoms with Gasteiger partial charge in [0.15, 0.2) is 5.82 Å². The van der Waals surface area contributed by atoms with Gasteiger partial charge in [-0.3, -0.25) is 0 Å². The van der Waals surface area contributed by atoms with Crippen LogP contribution in [0.2, 0.25) is 0 Å². The molecule has 2 heterocycles. The van der Waals surface area contributed by atoms with E-state index >= 15 is 0 Å². The monoisotopic (exact) mass is 646 g/mol. The number of para-hydroxylation sites is 1. The first-order valence-corrected chi connectivity index (χ1v) is 18.9. The first-order valence-electron chi connectivity index (χ1n) is 18.1. The number of hydrogen-bond donors (Lipinski definition) is 0. The van der Waals surface area contributed by atoms with Crippen LogP contribution in [0.15, 0.2) is 121 Å². The summed E-state index contributed by atoms with van der Waals surface area (Å²) >= 11 is 2.06. The van der Waals surface area contributed by atoms with Crippen LogP contribution in [0.4, 0.5) is 0 Å². The molecule has 0 radical (unpaired) electrons. The van der Waals surface area contributed by atoms with E-state index in [0.29, 0.717) is 11.8 Å². The number of fused-ring (bicyclic) bond motifs is 10. The summed E-state index contributed by atoms with van der Waals surface area (Å²) in [5.74, 6) is 4.05. The first kappa shape index (κ1) is 27.0. The minimum atomic E-state index is 0.0895. The average molecular weight is 647 g/mol. The molecule has 0 saturated heterocycles. The van der Waals surface area contributed by atoms with Gasteiger partial charge in [-0.15, -0.1) is 11.3 Å². The van der Waals surface area contributed by atoms with Crippen LogP contribution in [-0.2, 0) is 5.41 Å². The van der Waals surface area contributed by atoms with E-state index in [0.717, 1.165) is 45.4 Å². The number of nitrogens with zero attached hydrogens (tertiary/aromatic N) is 2. The van der Waals surface area contributed by atoms with E-state index in [1.807, 2.05) is 0 Å². The molecule has 5 aliphatic rings. The van der Waals surface area contributed by atoms with Crippen LogP contribution < -0.4 is 0 Å². The van der Waals surface area contributed by atoms with Crippen molar-refractivity contribution in [3.8, 4) is 33.8 Å². The number of rotatable bonds is 2. The van der Waals surface area contributed by atoms with Crippen molar-refractivity contribution in [2.24, 2.45) is 23.7 Å². The molecule has 49 heavy (non-hydrogen) atoms. The predicted octanol–water partition coefficient (Wildman–Crippen LogP) is 12.2. The molecule has 5 aliphatic carbocycles. The normalized spacial score (nSPS) is 24.8. The second-order valence-corrected chi connectivity index (χ2v) is 16.4. The highest BCUT2D eigenvalue weighted by Crippen LogP contribution is 2.71. The Hall–Kier alpha value is -4.86. The fraction of sp³-hybridized carbons (Fsp3) is 0.217. The van der Waals surface area contributed by atoms with Gasteiger partial charge in [0.25, 0.3) is 0 Å². The molecule has 6 aromatic carbocycles. The van der Waals surface area contributed by atoms with Gasteiger partial charge in [-0.05, 0) is 101 Å². The fourth-order valence-corrected chi connectivity index (χ4v) is 12.9. The van der Waals surface area contributed by atoms with Gasteiger partial charge in [0.1, 0.15) is 0 Å². The zero-order chi connectivity index (χ0) is 31.8. The summed E-state index contributed by atoms with van der Waals surface area (Å²) in [6.45, 7) is 0. The summed E-state index contributed by atoms with van der Waals surface area (Å²) in [5, 5.41) is 6.66. The molecule has 8 aromatic rings. The van der Waals surface area contributed by atoms with Crippen LogP contribution in [0.25, 0.3) is 75.6 Å². The zero-order valence-corrected chi connectivity index (χ0v) is 28.0. The second kappa shape index (κ2) is 9.64. The van der Waals surface area contributed by atoms with Crippen LogP contribution in [0.1, 0.15) is 43.2 Å². The van der Waals surface area contributed by atoms with Crippen LogP contribution in [0.5, 0.6) is 0 Å². The molecule has 4 bridgehead atoms. The van der Waals surface area contributed by atoms with Gasteiger partial charge < -0.3 is 0 Å². The van der Waals surface area contributed by atoms with Crippen molar-refractivity contribution in [1.82, 2.24) is 9.97 Å². The molecule has 1 spiro atoms. The minimum Gasteiger partial charge on any atom is -0.228 e. The SMILES string of the molecule is c1ccc(-c2nc(-c3ccc4c(c3)-c3ccc5c(sc6c7ccccc7ccc56)c3C43C4CC5CC(C4)CC3C5)nc3ccccc23)cc1. The van der Waals surface area contributed by atoms with Crippen LogP contribution in [-0.4, -0.2) is 9.97 Å². The highest BCUT2D eigenvalue weighted by Gasteiger charge is 2.62. The Morgan fingerprint density at radius 2 is 1.24 bits per heavy atom. The number of aromatic nitrogens is 2. The van der Waals surface area contributed by atoms with E-state index in [1.54, 1.807) is 11.1 Å². The molecular formula is C46H34N2S. The Bertz CT molecular complexity index is 2660. The fourth-order valence-electron chi connectivity index (χ4n) is 11.4. The summed E-state index contributed by atoms with van der Waals surface area (Å²) in [5.41, 5.74) is 10.4. The molecule has 4 saturated carbocycles. The summed E-state index contributed by atoms with van der Waals surface area (Å²) in [6.07, 6.45) is 6.99. The molecule has 2 nitrogen and oxygen atoms in total. The predicted molar refractivity (Wildman–Crippen MR) is 204 cm³/mol. The molecule has 0 aliphatic heterocycles. The molecule has 13 rings (SSSR count). The molecule has 3 heteroatoms. The van der Waals surface area contributed by atoms with Crippen molar-refractivity contribution < 1.29 is 0 Å². The quantitative estimate of drug-likeness (QED) is 0.187. The molecule has 4 fully saturated rings. The molecule has 0 amide bonds. The molecule has 234 valence electrons. The Labute approximate surface area is 289 Å². The number of benzene rings is 6. The Kier molecular flexibility index (Phi) is 5.32. The third-order valence-electron chi connectivity index (χ3n) is 13.0. The van der Waals surface area contributed by atoms with Gasteiger partial charge in [0, 0.05) is 42.1 Å². The summed E-state index contributed by atoms with van der Waals surface area (Å²) in [6, 6.07) is 44.9. The Morgan fingerprint density at radius 3 is 2.08 bits per heavy atom. The standard InChI is InChI=1S/C46H34N2S/c1-2-9-29(10-3-1)42-37-12-6-7-13-40(37)47-45(48-42)30-15-19-39-38(25-30)34-17-18-36-35-16-14-28-8-4-5-11-33(28)43(35)49-44(36)41(34)46(39)31-21-26-20-27(23-31)24-32(46)22-26/h1-19,25-27,31-32H,20-24H2. The van der Waals surface area contributed by atoms with Gasteiger partial charge in [-0.1, -0.05) is 109 Å². The van der Waals surface area contributed by atoms with Crippen molar-refractivity contribution >= 4 is 53.2 Å². The third-order valence-corrected chi connectivity index (χ3v) is 14.3. The maximum absolute atomic E-state index is 5.30. The van der Waals surface area contributed by atoms with Crippen molar-refractivity contribution in [2.75, 3.05) is 0 Å². The van der Waals surface area contributed by atoms with Crippen molar-refractivity contribution in [3.63, 3.8) is 0 Å². The number of thiophene rings is 1. The molecule has 0 N–H and O–H groups in total. The lowest BCUT2D eigenvalue weighted by Gasteiger charge is -2.61. The summed E-state index contributed by atoms with van der Waals surface area (Å²) < 4.78 is 2.97. The highest BCUT2D eigenvalue weighted by molar-refractivity contribution is 7.27. The molecular weight excluding hydrogens is 613 g/mol. The molecule has 0 unspecified atom stereocenters. The van der Waals surface area contributed by atoms with Crippen LogP contribution in [0, 0.1) is 23.7 Å². The van der Waals surface area contributed by atoms with E-state index in [4.69, 9.17) is 9.97 Å². The van der Waals surface area contributed by atoms with E-state index in [9.17, 15) is 0 Å². The minimum absolute atomic E-state index is 0.0895. The maximum atomic E-state index is 5.30. The van der Waals surface area contributed by atoms with E-state index in [2.05, 4.69) is 133 Å². The lowest BCUT2D eigenvalue weighted by atomic mass is 9.43. The first-order chi connectivity index (χ1) is 24.2. The van der Waals surface area contributed by atoms with E-state index in [-0.39, 0.29) is 5.41 Å². The molecule has 0 atom stereocenters.